The Morgan fingerprint density at radius 1 is 1.06 bits per heavy atom. The molecule has 0 aliphatic carbocycles. The van der Waals surface area contributed by atoms with Crippen LogP contribution in [0.5, 0.6) is 17.2 Å². The third-order valence-corrected chi connectivity index (χ3v) is 4.69. The number of methoxy groups -OCH3 is 3. The molecule has 2 aromatic carbocycles. The average Bonchev–Trinajstić information content (AvgIpc) is 2.80. The highest BCUT2D eigenvalue weighted by Gasteiger charge is 2.14. The Morgan fingerprint density at radius 3 is 2.44 bits per heavy atom. The smallest absolute Gasteiger partial charge is 0.248 e. The van der Waals surface area contributed by atoms with Gasteiger partial charge in [-0.2, -0.15) is 0 Å². The van der Waals surface area contributed by atoms with E-state index in [0.29, 0.717) is 50.7 Å². The van der Waals surface area contributed by atoms with Crippen molar-refractivity contribution in [2.75, 3.05) is 37.7 Å². The maximum Gasteiger partial charge on any atom is 0.248 e. The number of hydrogen-bond acceptors (Lipinski definition) is 7. The van der Waals surface area contributed by atoms with Gasteiger partial charge in [0, 0.05) is 40.7 Å². The quantitative estimate of drug-likeness (QED) is 0.333. The number of nitrogens with two attached hydrogens (primary N) is 1. The molecule has 0 radical (unpaired) electrons. The molecule has 1 amide bonds. The number of nitrogens with zero attached hydrogens (tertiary/aromatic N) is 1. The first-order chi connectivity index (χ1) is 15.4. The van der Waals surface area contributed by atoms with E-state index in [1.54, 1.807) is 62.9 Å². The van der Waals surface area contributed by atoms with E-state index in [0.717, 1.165) is 0 Å². The van der Waals surface area contributed by atoms with E-state index >= 15 is 0 Å². The number of amides is 1. The van der Waals surface area contributed by atoms with Crippen molar-refractivity contribution in [2.45, 2.75) is 0 Å². The van der Waals surface area contributed by atoms with E-state index in [2.05, 4.69) is 15.6 Å². The highest BCUT2D eigenvalue weighted by Crippen LogP contribution is 2.40. The number of nitrogen functional groups attached to an aromatic ring is 1. The Bertz CT molecular complexity index is 1130. The minimum absolute atomic E-state index is 0.360. The van der Waals surface area contributed by atoms with Gasteiger partial charge in [-0.05, 0) is 36.4 Å². The lowest BCUT2D eigenvalue weighted by molar-refractivity contribution is -0.111. The third kappa shape index (κ3) is 5.41. The van der Waals surface area contributed by atoms with Crippen LogP contribution in [-0.2, 0) is 4.79 Å². The number of anilines is 4. The molecular weight excluding hydrogens is 432 g/mol. The van der Waals surface area contributed by atoms with Crippen molar-refractivity contribution in [3.63, 3.8) is 0 Å². The van der Waals surface area contributed by atoms with Crippen LogP contribution >= 0.6 is 11.6 Å². The number of carbonyl (C=O) groups excluding carboxylic acids is 1. The molecule has 166 valence electrons. The fourth-order valence-corrected chi connectivity index (χ4v) is 3.10. The number of rotatable bonds is 8. The van der Waals surface area contributed by atoms with Gasteiger partial charge in [0.2, 0.25) is 11.7 Å². The number of halogens is 1. The largest absolute Gasteiger partial charge is 0.493 e. The van der Waals surface area contributed by atoms with Crippen molar-refractivity contribution in [3.05, 3.63) is 65.3 Å². The summed E-state index contributed by atoms with van der Waals surface area (Å²) in [6, 6.07) is 12.0. The summed E-state index contributed by atoms with van der Waals surface area (Å²) in [5, 5.41) is 6.40. The summed E-state index contributed by atoms with van der Waals surface area (Å²) in [6.45, 7) is 0. The van der Waals surface area contributed by atoms with Crippen LogP contribution in [0.3, 0.4) is 0 Å². The zero-order chi connectivity index (χ0) is 23.1. The molecule has 0 saturated carbocycles. The molecule has 4 N–H and O–H groups in total. The number of benzene rings is 2. The molecular formula is C23H23ClN4O4. The highest BCUT2D eigenvalue weighted by molar-refractivity contribution is 6.31. The molecule has 0 saturated heterocycles. The van der Waals surface area contributed by atoms with Crippen molar-refractivity contribution in [1.82, 2.24) is 4.98 Å². The molecule has 1 aromatic heterocycles. The van der Waals surface area contributed by atoms with Gasteiger partial charge in [-0.1, -0.05) is 11.6 Å². The predicted molar refractivity (Wildman–Crippen MR) is 127 cm³/mol. The first-order valence-corrected chi connectivity index (χ1v) is 9.89. The summed E-state index contributed by atoms with van der Waals surface area (Å²) >= 11 is 5.97. The van der Waals surface area contributed by atoms with Crippen LogP contribution < -0.4 is 30.6 Å². The molecule has 8 nitrogen and oxygen atoms in total. The Morgan fingerprint density at radius 2 is 1.78 bits per heavy atom. The minimum atomic E-state index is -0.360. The molecule has 0 spiro atoms. The van der Waals surface area contributed by atoms with Crippen LogP contribution in [0.4, 0.5) is 22.9 Å². The minimum Gasteiger partial charge on any atom is -0.493 e. The Balaban J connectivity index is 1.82. The summed E-state index contributed by atoms with van der Waals surface area (Å²) in [4.78, 5) is 16.7. The molecule has 9 heteroatoms. The van der Waals surface area contributed by atoms with Gasteiger partial charge in [0.15, 0.2) is 11.5 Å². The Labute approximate surface area is 191 Å². The van der Waals surface area contributed by atoms with Crippen LogP contribution in [0.25, 0.3) is 6.08 Å². The standard InChI is InChI=1S/C23H23ClN4O4/c1-30-19-12-16(13-20(31-2)22(19)32-3)27-23-14(5-4-10-26-23)6-9-21(29)28-18-11-15(24)7-8-17(18)25/h4-13H,25H2,1-3H3,(H,26,27)(H,28,29)/b9-6+. The average molecular weight is 455 g/mol. The van der Waals surface area contributed by atoms with E-state index in [1.165, 1.54) is 13.2 Å². The molecule has 0 bridgehead atoms. The monoisotopic (exact) mass is 454 g/mol. The summed E-state index contributed by atoms with van der Waals surface area (Å²) in [5.74, 6) is 1.66. The molecule has 0 aliphatic heterocycles. The maximum atomic E-state index is 12.4. The molecule has 0 aliphatic rings. The Hall–Kier alpha value is -3.91. The van der Waals surface area contributed by atoms with Gasteiger partial charge in [-0.25, -0.2) is 4.98 Å². The van der Waals surface area contributed by atoms with Gasteiger partial charge in [0.05, 0.1) is 32.7 Å². The van der Waals surface area contributed by atoms with Crippen molar-refractivity contribution >= 4 is 46.5 Å². The number of aromatic nitrogens is 1. The molecule has 32 heavy (non-hydrogen) atoms. The fourth-order valence-electron chi connectivity index (χ4n) is 2.92. The lowest BCUT2D eigenvalue weighted by Crippen LogP contribution is -2.09. The number of pyridine rings is 1. The van der Waals surface area contributed by atoms with Gasteiger partial charge >= 0.3 is 0 Å². The van der Waals surface area contributed by atoms with Crippen molar-refractivity contribution in [1.29, 1.82) is 0 Å². The number of nitrogens with one attached hydrogen (secondary N) is 2. The molecule has 3 rings (SSSR count). The maximum absolute atomic E-state index is 12.4. The first-order valence-electron chi connectivity index (χ1n) is 9.51. The van der Waals surface area contributed by atoms with Crippen LogP contribution in [0.1, 0.15) is 5.56 Å². The normalized spacial score (nSPS) is 10.6. The fraction of sp³-hybridized carbons (Fsp3) is 0.130. The second-order valence-corrected chi connectivity index (χ2v) is 6.97. The highest BCUT2D eigenvalue weighted by atomic mass is 35.5. The zero-order valence-corrected chi connectivity index (χ0v) is 18.6. The van der Waals surface area contributed by atoms with E-state index in [4.69, 9.17) is 31.5 Å². The van der Waals surface area contributed by atoms with Crippen LogP contribution in [-0.4, -0.2) is 32.2 Å². The summed E-state index contributed by atoms with van der Waals surface area (Å²) < 4.78 is 16.1. The summed E-state index contributed by atoms with van der Waals surface area (Å²) in [6.07, 6.45) is 4.67. The molecule has 0 atom stereocenters. The second-order valence-electron chi connectivity index (χ2n) is 6.53. The summed E-state index contributed by atoms with van der Waals surface area (Å²) in [7, 11) is 4.62. The van der Waals surface area contributed by atoms with Crippen molar-refractivity contribution in [2.24, 2.45) is 0 Å². The molecule has 1 heterocycles. The van der Waals surface area contributed by atoms with Crippen LogP contribution in [0.15, 0.2) is 54.7 Å². The van der Waals surface area contributed by atoms with Gasteiger partial charge in [-0.3, -0.25) is 4.79 Å². The lowest BCUT2D eigenvalue weighted by Gasteiger charge is -2.15. The number of carbonyl (C=O) groups is 1. The lowest BCUT2D eigenvalue weighted by atomic mass is 10.2. The van der Waals surface area contributed by atoms with Gasteiger partial charge in [0.1, 0.15) is 5.82 Å². The molecule has 0 unspecified atom stereocenters. The van der Waals surface area contributed by atoms with Crippen LogP contribution in [0, 0.1) is 0 Å². The predicted octanol–water partition coefficient (Wildman–Crippen LogP) is 4.74. The SMILES string of the molecule is COc1cc(Nc2ncccc2/C=C/C(=O)Nc2cc(Cl)ccc2N)cc(OC)c1OC. The zero-order valence-electron chi connectivity index (χ0n) is 17.8. The number of hydrogen-bond donors (Lipinski definition) is 3. The van der Waals surface area contributed by atoms with E-state index in [9.17, 15) is 4.79 Å². The molecule has 0 fully saturated rings. The van der Waals surface area contributed by atoms with Crippen LogP contribution in [0.2, 0.25) is 5.02 Å². The van der Waals surface area contributed by atoms with E-state index in [1.807, 2.05) is 6.07 Å². The number of ether oxygens (including phenoxy) is 3. The Kier molecular flexibility index (Phi) is 7.41. The molecule has 3 aromatic rings. The van der Waals surface area contributed by atoms with Gasteiger partial charge < -0.3 is 30.6 Å². The van der Waals surface area contributed by atoms with Crippen molar-refractivity contribution < 1.29 is 19.0 Å². The third-order valence-electron chi connectivity index (χ3n) is 4.45. The van der Waals surface area contributed by atoms with Gasteiger partial charge in [-0.15, -0.1) is 0 Å². The van der Waals surface area contributed by atoms with Gasteiger partial charge in [0.25, 0.3) is 0 Å². The van der Waals surface area contributed by atoms with E-state index in [-0.39, 0.29) is 5.91 Å². The summed E-state index contributed by atoms with van der Waals surface area (Å²) in [5.41, 5.74) is 8.09. The topological polar surface area (TPSA) is 108 Å². The van der Waals surface area contributed by atoms with Crippen molar-refractivity contribution in [3.8, 4) is 17.2 Å². The first kappa shape index (κ1) is 22.8. The second kappa shape index (κ2) is 10.4. The van der Waals surface area contributed by atoms with E-state index < -0.39 is 0 Å².